The van der Waals surface area contributed by atoms with Crippen LogP contribution in [0.5, 0.6) is 0 Å². The van der Waals surface area contributed by atoms with Gasteiger partial charge in [0.2, 0.25) is 0 Å². The number of aryl methyl sites for hydroxylation is 2. The van der Waals surface area contributed by atoms with Crippen LogP contribution in [0.1, 0.15) is 29.6 Å². The van der Waals surface area contributed by atoms with Crippen molar-refractivity contribution in [1.82, 2.24) is 4.98 Å². The minimum Gasteiger partial charge on any atom is -0.379 e. The van der Waals surface area contributed by atoms with Crippen LogP contribution in [0, 0.1) is 6.92 Å². The summed E-state index contributed by atoms with van der Waals surface area (Å²) in [7, 11) is 0. The van der Waals surface area contributed by atoms with Gasteiger partial charge in [0, 0.05) is 23.3 Å². The molecule has 6 heteroatoms. The zero-order valence-electron chi connectivity index (χ0n) is 14.2. The van der Waals surface area contributed by atoms with Gasteiger partial charge in [0.05, 0.1) is 23.9 Å². The predicted octanol–water partition coefficient (Wildman–Crippen LogP) is 3.38. The highest BCUT2D eigenvalue weighted by Crippen LogP contribution is 2.25. The van der Waals surface area contributed by atoms with Crippen molar-refractivity contribution in [2.24, 2.45) is 0 Å². The van der Waals surface area contributed by atoms with E-state index in [0.717, 1.165) is 42.0 Å². The summed E-state index contributed by atoms with van der Waals surface area (Å²) in [5.74, 6) is 0.0241. The van der Waals surface area contributed by atoms with Crippen LogP contribution in [-0.2, 0) is 22.5 Å². The molecule has 1 fully saturated rings. The minimum absolute atomic E-state index is 0.0241. The van der Waals surface area contributed by atoms with E-state index < -0.39 is 0 Å². The number of benzene rings is 1. The molecule has 0 atom stereocenters. The van der Waals surface area contributed by atoms with Crippen molar-refractivity contribution >= 4 is 28.6 Å². The first-order chi connectivity index (χ1) is 11.7. The van der Waals surface area contributed by atoms with E-state index in [1.165, 1.54) is 5.01 Å². The molecule has 1 amide bonds. The Balaban J connectivity index is 1.64. The minimum atomic E-state index is 0.0241. The molecule has 0 spiro atoms. The summed E-state index contributed by atoms with van der Waals surface area (Å²) < 4.78 is 5.19. The first-order valence-electron chi connectivity index (χ1n) is 8.33. The van der Waals surface area contributed by atoms with Crippen molar-refractivity contribution < 1.29 is 9.53 Å². The second-order valence-corrected chi connectivity index (χ2v) is 6.88. The largest absolute Gasteiger partial charge is 0.379 e. The number of carbonyl (C=O) groups excluding carboxylic acids is 1. The summed E-state index contributed by atoms with van der Waals surface area (Å²) in [6.07, 6.45) is 2.17. The van der Waals surface area contributed by atoms with Crippen molar-refractivity contribution in [3.8, 4) is 0 Å². The highest BCUT2D eigenvalue weighted by atomic mass is 32.1. The summed E-state index contributed by atoms with van der Waals surface area (Å²) in [5.41, 5.74) is 4.17. The Hall–Kier alpha value is -1.92. The number of thiazole rings is 1. The Morgan fingerprint density at radius 2 is 2.29 bits per heavy atom. The molecule has 1 aromatic carbocycles. The van der Waals surface area contributed by atoms with E-state index in [9.17, 15) is 4.79 Å². The summed E-state index contributed by atoms with van der Waals surface area (Å²) in [6.45, 7) is 6.30. The van der Waals surface area contributed by atoms with E-state index in [2.05, 4.69) is 28.7 Å². The third-order valence-electron chi connectivity index (χ3n) is 4.01. The number of morpholine rings is 1. The zero-order chi connectivity index (χ0) is 16.9. The Bertz CT molecular complexity index is 714. The van der Waals surface area contributed by atoms with Crippen molar-refractivity contribution in [3.63, 3.8) is 0 Å². The number of carbonyl (C=O) groups is 1. The van der Waals surface area contributed by atoms with E-state index in [1.807, 2.05) is 19.1 Å². The molecule has 1 saturated heterocycles. The quantitative estimate of drug-likeness (QED) is 0.872. The fourth-order valence-electron chi connectivity index (χ4n) is 2.79. The van der Waals surface area contributed by atoms with Gasteiger partial charge < -0.3 is 15.0 Å². The summed E-state index contributed by atoms with van der Waals surface area (Å²) >= 11 is 1.73. The van der Waals surface area contributed by atoms with Crippen LogP contribution in [0.4, 0.5) is 11.4 Å². The fraction of sp³-hybridized carbons (Fsp3) is 0.444. The Labute approximate surface area is 146 Å². The monoisotopic (exact) mass is 345 g/mol. The van der Waals surface area contributed by atoms with Gasteiger partial charge in [0.25, 0.3) is 5.91 Å². The lowest BCUT2D eigenvalue weighted by Gasteiger charge is -2.28. The maximum absolute atomic E-state index is 12.0. The third kappa shape index (κ3) is 3.94. The van der Waals surface area contributed by atoms with Crippen LogP contribution in [-0.4, -0.2) is 30.6 Å². The van der Waals surface area contributed by atoms with Gasteiger partial charge in [-0.25, -0.2) is 4.98 Å². The number of ether oxygens (including phenoxy) is 1. The van der Waals surface area contributed by atoms with E-state index in [0.29, 0.717) is 13.2 Å². The van der Waals surface area contributed by atoms with Crippen LogP contribution >= 0.6 is 11.3 Å². The number of hydrogen-bond acceptors (Lipinski definition) is 5. The molecule has 0 radical (unpaired) electrons. The Kier molecular flexibility index (Phi) is 5.48. The van der Waals surface area contributed by atoms with Gasteiger partial charge >= 0.3 is 0 Å². The number of nitrogens with one attached hydrogen (secondary N) is 1. The number of anilines is 2. The molecule has 5 nitrogen and oxygen atoms in total. The molecule has 128 valence electrons. The van der Waals surface area contributed by atoms with Crippen LogP contribution in [0.2, 0.25) is 0 Å². The van der Waals surface area contributed by atoms with Gasteiger partial charge in [-0.1, -0.05) is 6.92 Å². The number of rotatable bonds is 6. The topological polar surface area (TPSA) is 54.5 Å². The average molecular weight is 345 g/mol. The molecule has 1 aliphatic rings. The van der Waals surface area contributed by atoms with E-state index in [-0.39, 0.29) is 12.5 Å². The molecular weight excluding hydrogens is 322 g/mol. The average Bonchev–Trinajstić information content (AvgIpc) is 3.02. The van der Waals surface area contributed by atoms with Crippen molar-refractivity contribution in [2.75, 3.05) is 30.0 Å². The van der Waals surface area contributed by atoms with Gasteiger partial charge in [0.15, 0.2) is 0 Å². The number of hydrogen-bond donors (Lipinski definition) is 1. The Morgan fingerprint density at radius 3 is 3.04 bits per heavy atom. The molecule has 0 aliphatic carbocycles. The smallest absolute Gasteiger partial charge is 0.253 e. The third-order valence-corrected chi connectivity index (χ3v) is 4.97. The van der Waals surface area contributed by atoms with Crippen molar-refractivity contribution in [2.45, 2.75) is 33.2 Å². The van der Waals surface area contributed by atoms with E-state index in [4.69, 9.17) is 4.74 Å². The molecule has 1 aromatic heterocycles. The lowest BCUT2D eigenvalue weighted by molar-refractivity contribution is -0.125. The molecule has 0 bridgehead atoms. The normalized spacial score (nSPS) is 14.9. The lowest BCUT2D eigenvalue weighted by atomic mass is 10.1. The SMILES string of the molecule is CCCc1nc(CNc2ccc(N3CCOCC3=O)c(C)c2)cs1. The van der Waals surface area contributed by atoms with E-state index in [1.54, 1.807) is 16.2 Å². The molecule has 2 heterocycles. The molecule has 24 heavy (non-hydrogen) atoms. The van der Waals surface area contributed by atoms with Gasteiger partial charge in [0.1, 0.15) is 6.61 Å². The van der Waals surface area contributed by atoms with Crippen LogP contribution in [0.15, 0.2) is 23.6 Å². The lowest BCUT2D eigenvalue weighted by Crippen LogP contribution is -2.42. The van der Waals surface area contributed by atoms with Gasteiger partial charge in [-0.15, -0.1) is 11.3 Å². The van der Waals surface area contributed by atoms with Gasteiger partial charge in [-0.2, -0.15) is 0 Å². The molecule has 1 aliphatic heterocycles. The van der Waals surface area contributed by atoms with Gasteiger partial charge in [-0.3, -0.25) is 4.79 Å². The zero-order valence-corrected chi connectivity index (χ0v) is 15.0. The molecule has 3 rings (SSSR count). The molecule has 0 unspecified atom stereocenters. The number of nitrogens with zero attached hydrogens (tertiary/aromatic N) is 2. The van der Waals surface area contributed by atoms with Crippen LogP contribution < -0.4 is 10.2 Å². The summed E-state index contributed by atoms with van der Waals surface area (Å²) in [5, 5.41) is 6.73. The second kappa shape index (κ2) is 7.77. The fourth-order valence-corrected chi connectivity index (χ4v) is 3.69. The maximum atomic E-state index is 12.0. The molecular formula is C18H23N3O2S. The highest BCUT2D eigenvalue weighted by molar-refractivity contribution is 7.09. The second-order valence-electron chi connectivity index (χ2n) is 5.94. The molecule has 2 aromatic rings. The molecule has 1 N–H and O–H groups in total. The first-order valence-corrected chi connectivity index (χ1v) is 9.21. The van der Waals surface area contributed by atoms with Crippen molar-refractivity contribution in [1.29, 1.82) is 0 Å². The van der Waals surface area contributed by atoms with Crippen LogP contribution in [0.25, 0.3) is 0 Å². The maximum Gasteiger partial charge on any atom is 0.253 e. The first kappa shape index (κ1) is 16.9. The summed E-state index contributed by atoms with van der Waals surface area (Å²) in [6, 6.07) is 6.10. The highest BCUT2D eigenvalue weighted by Gasteiger charge is 2.21. The van der Waals surface area contributed by atoms with Crippen LogP contribution in [0.3, 0.4) is 0 Å². The number of aromatic nitrogens is 1. The Morgan fingerprint density at radius 1 is 1.42 bits per heavy atom. The standard InChI is InChI=1S/C18H23N3O2S/c1-3-4-17-20-15(12-24-17)10-19-14-5-6-16(13(2)9-14)21-7-8-23-11-18(21)22/h5-6,9,12,19H,3-4,7-8,10-11H2,1-2H3. The summed E-state index contributed by atoms with van der Waals surface area (Å²) in [4.78, 5) is 18.4. The molecule has 0 saturated carbocycles. The van der Waals surface area contributed by atoms with E-state index >= 15 is 0 Å². The van der Waals surface area contributed by atoms with Crippen molar-refractivity contribution in [3.05, 3.63) is 39.8 Å². The number of amides is 1. The van der Waals surface area contributed by atoms with Gasteiger partial charge in [-0.05, 0) is 43.5 Å². The predicted molar refractivity (Wildman–Crippen MR) is 97.8 cm³/mol.